The minimum atomic E-state index is 0.356. The molecule has 0 heterocycles. The second-order valence-electron chi connectivity index (χ2n) is 4.35. The summed E-state index contributed by atoms with van der Waals surface area (Å²) in [6.45, 7) is 2.15. The van der Waals surface area contributed by atoms with E-state index < -0.39 is 0 Å². The van der Waals surface area contributed by atoms with E-state index in [2.05, 4.69) is 41.2 Å². The molecule has 0 amide bonds. The Labute approximate surface area is 97.1 Å². The van der Waals surface area contributed by atoms with Crippen molar-refractivity contribution < 1.29 is 0 Å². The zero-order valence-corrected chi connectivity index (χ0v) is 9.71. The van der Waals surface area contributed by atoms with Gasteiger partial charge in [0.2, 0.25) is 0 Å². The standard InChI is InChI=1S/C14H18N2/c1-12(13-6-3-2-4-7-13)10-15-11-16-14-8-5-9-14/h2-4,6-7,10-12,14H,5,8-9H2,1H3/b15-10-,16-11-. The van der Waals surface area contributed by atoms with Crippen LogP contribution in [0.25, 0.3) is 0 Å². The molecule has 0 aliphatic heterocycles. The van der Waals surface area contributed by atoms with Crippen LogP contribution in [0.1, 0.15) is 37.7 Å². The molecular weight excluding hydrogens is 196 g/mol. The molecule has 0 aromatic heterocycles. The molecule has 2 nitrogen and oxygen atoms in total. The van der Waals surface area contributed by atoms with Crippen LogP contribution < -0.4 is 0 Å². The minimum absolute atomic E-state index is 0.356. The lowest BCUT2D eigenvalue weighted by molar-refractivity contribution is 0.421. The first-order valence-electron chi connectivity index (χ1n) is 5.96. The SMILES string of the molecule is CC(/C=N\C=N/C1CCC1)c1ccccc1. The first-order valence-corrected chi connectivity index (χ1v) is 5.96. The monoisotopic (exact) mass is 214 g/mol. The van der Waals surface area contributed by atoms with Gasteiger partial charge in [-0.1, -0.05) is 37.3 Å². The number of hydrogen-bond acceptors (Lipinski definition) is 1. The number of nitrogens with zero attached hydrogens (tertiary/aromatic N) is 2. The van der Waals surface area contributed by atoms with Gasteiger partial charge in [-0.25, -0.2) is 4.99 Å². The first-order chi connectivity index (χ1) is 7.86. The van der Waals surface area contributed by atoms with E-state index in [9.17, 15) is 0 Å². The predicted octanol–water partition coefficient (Wildman–Crippen LogP) is 3.44. The van der Waals surface area contributed by atoms with Crippen molar-refractivity contribution in [2.45, 2.75) is 38.1 Å². The Bertz CT molecular complexity index is 364. The summed E-state index contributed by atoms with van der Waals surface area (Å²) in [5, 5.41) is 0. The Hall–Kier alpha value is -1.44. The van der Waals surface area contributed by atoms with E-state index in [0.717, 1.165) is 0 Å². The maximum Gasteiger partial charge on any atom is 0.109 e. The molecule has 1 fully saturated rings. The third-order valence-corrected chi connectivity index (χ3v) is 3.05. The summed E-state index contributed by atoms with van der Waals surface area (Å²) in [4.78, 5) is 8.62. The van der Waals surface area contributed by atoms with Gasteiger partial charge in [0.15, 0.2) is 0 Å². The van der Waals surface area contributed by atoms with Gasteiger partial charge in [0.25, 0.3) is 0 Å². The highest BCUT2D eigenvalue weighted by molar-refractivity contribution is 5.77. The van der Waals surface area contributed by atoms with Gasteiger partial charge in [-0.15, -0.1) is 0 Å². The summed E-state index contributed by atoms with van der Waals surface area (Å²) in [6.07, 6.45) is 7.47. The third kappa shape index (κ3) is 3.02. The van der Waals surface area contributed by atoms with Crippen molar-refractivity contribution in [3.63, 3.8) is 0 Å². The van der Waals surface area contributed by atoms with Crippen LogP contribution >= 0.6 is 0 Å². The topological polar surface area (TPSA) is 24.7 Å². The molecule has 16 heavy (non-hydrogen) atoms. The molecule has 1 aliphatic carbocycles. The Morgan fingerprint density at radius 1 is 1.25 bits per heavy atom. The zero-order valence-electron chi connectivity index (χ0n) is 9.71. The third-order valence-electron chi connectivity index (χ3n) is 3.05. The van der Waals surface area contributed by atoms with Crippen molar-refractivity contribution in [1.29, 1.82) is 0 Å². The number of rotatable bonds is 4. The molecule has 1 aromatic carbocycles. The summed E-state index contributed by atoms with van der Waals surface area (Å²) in [5.41, 5.74) is 1.29. The van der Waals surface area contributed by atoms with Gasteiger partial charge in [0.1, 0.15) is 6.34 Å². The zero-order chi connectivity index (χ0) is 11.2. The van der Waals surface area contributed by atoms with E-state index in [4.69, 9.17) is 0 Å². The molecule has 0 radical (unpaired) electrons. The Morgan fingerprint density at radius 2 is 2.00 bits per heavy atom. The van der Waals surface area contributed by atoms with Crippen LogP contribution in [-0.2, 0) is 0 Å². The van der Waals surface area contributed by atoms with Crippen LogP contribution in [0, 0.1) is 0 Å². The van der Waals surface area contributed by atoms with Gasteiger partial charge in [0, 0.05) is 12.1 Å². The lowest BCUT2D eigenvalue weighted by Crippen LogP contribution is -2.14. The Morgan fingerprint density at radius 3 is 2.62 bits per heavy atom. The molecule has 0 bridgehead atoms. The van der Waals surface area contributed by atoms with Gasteiger partial charge in [-0.05, 0) is 24.8 Å². The van der Waals surface area contributed by atoms with Crippen molar-refractivity contribution in [3.05, 3.63) is 35.9 Å². The molecular formula is C14H18N2. The molecule has 1 unspecified atom stereocenters. The highest BCUT2D eigenvalue weighted by Crippen LogP contribution is 2.21. The van der Waals surface area contributed by atoms with Crippen LogP contribution in [0.15, 0.2) is 40.3 Å². The fourth-order valence-electron chi connectivity index (χ4n) is 1.68. The second-order valence-corrected chi connectivity index (χ2v) is 4.35. The highest BCUT2D eigenvalue weighted by Gasteiger charge is 2.14. The maximum absolute atomic E-state index is 4.37. The summed E-state index contributed by atoms with van der Waals surface area (Å²) in [6, 6.07) is 10.9. The van der Waals surface area contributed by atoms with E-state index >= 15 is 0 Å². The molecule has 2 heteroatoms. The number of benzene rings is 1. The van der Waals surface area contributed by atoms with Crippen LogP contribution in [0.2, 0.25) is 0 Å². The summed E-state index contributed by atoms with van der Waals surface area (Å²) >= 11 is 0. The Kier molecular flexibility index (Phi) is 3.86. The fourth-order valence-corrected chi connectivity index (χ4v) is 1.68. The minimum Gasteiger partial charge on any atom is -0.270 e. The molecule has 84 valence electrons. The lowest BCUT2D eigenvalue weighted by atomic mass is 9.94. The van der Waals surface area contributed by atoms with E-state index in [0.29, 0.717) is 12.0 Å². The van der Waals surface area contributed by atoms with E-state index in [-0.39, 0.29) is 0 Å². The average Bonchev–Trinajstić information content (AvgIpc) is 2.27. The van der Waals surface area contributed by atoms with E-state index in [1.54, 1.807) is 6.34 Å². The molecule has 1 aliphatic rings. The molecule has 0 N–H and O–H groups in total. The van der Waals surface area contributed by atoms with Crippen molar-refractivity contribution in [1.82, 2.24) is 0 Å². The van der Waals surface area contributed by atoms with Gasteiger partial charge < -0.3 is 0 Å². The van der Waals surface area contributed by atoms with E-state index in [1.807, 2.05) is 12.3 Å². The normalized spacial score (nSPS) is 19.1. The van der Waals surface area contributed by atoms with Crippen molar-refractivity contribution in [2.75, 3.05) is 0 Å². The summed E-state index contributed by atoms with van der Waals surface area (Å²) < 4.78 is 0. The van der Waals surface area contributed by atoms with Gasteiger partial charge in [0.05, 0.1) is 6.04 Å². The van der Waals surface area contributed by atoms with Gasteiger partial charge >= 0.3 is 0 Å². The van der Waals surface area contributed by atoms with Crippen molar-refractivity contribution >= 4 is 12.6 Å². The molecule has 2 rings (SSSR count). The largest absolute Gasteiger partial charge is 0.270 e. The molecule has 1 aromatic rings. The lowest BCUT2D eigenvalue weighted by Gasteiger charge is -2.19. The predicted molar refractivity (Wildman–Crippen MR) is 69.5 cm³/mol. The summed E-state index contributed by atoms with van der Waals surface area (Å²) in [5.74, 6) is 0.356. The quantitative estimate of drug-likeness (QED) is 0.542. The Balaban J connectivity index is 1.84. The van der Waals surface area contributed by atoms with E-state index in [1.165, 1.54) is 24.8 Å². The van der Waals surface area contributed by atoms with Gasteiger partial charge in [-0.3, -0.25) is 4.99 Å². The maximum atomic E-state index is 4.37. The van der Waals surface area contributed by atoms with Crippen LogP contribution in [0.5, 0.6) is 0 Å². The highest BCUT2D eigenvalue weighted by atomic mass is 14.9. The molecule has 1 atom stereocenters. The smallest absolute Gasteiger partial charge is 0.109 e. The number of aliphatic imine (C=N–C) groups is 2. The summed E-state index contributed by atoms with van der Waals surface area (Å²) in [7, 11) is 0. The van der Waals surface area contributed by atoms with Crippen LogP contribution in [0.4, 0.5) is 0 Å². The second kappa shape index (κ2) is 5.59. The molecule has 0 spiro atoms. The van der Waals surface area contributed by atoms with Gasteiger partial charge in [-0.2, -0.15) is 0 Å². The molecule has 0 saturated heterocycles. The van der Waals surface area contributed by atoms with Crippen molar-refractivity contribution in [3.8, 4) is 0 Å². The first kappa shape index (κ1) is 11.1. The van der Waals surface area contributed by atoms with Crippen molar-refractivity contribution in [2.24, 2.45) is 9.98 Å². The van der Waals surface area contributed by atoms with Crippen LogP contribution in [-0.4, -0.2) is 18.6 Å². The van der Waals surface area contributed by atoms with Crippen LogP contribution in [0.3, 0.4) is 0 Å². The number of hydrogen-bond donors (Lipinski definition) is 0. The fraction of sp³-hybridized carbons (Fsp3) is 0.429. The average molecular weight is 214 g/mol. The molecule has 1 saturated carbocycles.